The van der Waals surface area contributed by atoms with Crippen LogP contribution in [0.1, 0.15) is 30.1 Å². The minimum Gasteiger partial charge on any atom is -0.490 e. The highest BCUT2D eigenvalue weighted by Crippen LogP contribution is 2.33. The number of anilines is 1. The highest BCUT2D eigenvalue weighted by molar-refractivity contribution is 6.44. The summed E-state index contributed by atoms with van der Waals surface area (Å²) in [7, 11) is 0. The minimum absolute atomic E-state index is 0.0805. The average Bonchev–Trinajstić information content (AvgIpc) is 2.53. The van der Waals surface area contributed by atoms with Gasteiger partial charge in [-0.15, -0.1) is 0 Å². The van der Waals surface area contributed by atoms with E-state index in [1.54, 1.807) is 23.1 Å². The number of amides is 2. The number of carbonyl (C=O) groups excluding carboxylic acids is 3. The van der Waals surface area contributed by atoms with Crippen molar-refractivity contribution in [3.63, 3.8) is 0 Å². The summed E-state index contributed by atoms with van der Waals surface area (Å²) in [5, 5.41) is 3.83. The average molecular weight is 301 g/mol. The van der Waals surface area contributed by atoms with Gasteiger partial charge in [-0.3, -0.25) is 14.4 Å². The summed E-state index contributed by atoms with van der Waals surface area (Å²) in [4.78, 5) is 36.8. The van der Waals surface area contributed by atoms with Gasteiger partial charge in [-0.25, -0.2) is 5.43 Å². The van der Waals surface area contributed by atoms with E-state index < -0.39 is 0 Å². The molecule has 0 aliphatic carbocycles. The zero-order chi connectivity index (χ0) is 15.7. The molecule has 7 heteroatoms. The fraction of sp³-hybridized carbons (Fsp3) is 0.333. The third-order valence-corrected chi connectivity index (χ3v) is 3.63. The van der Waals surface area contributed by atoms with Crippen molar-refractivity contribution in [2.75, 3.05) is 18.1 Å². The van der Waals surface area contributed by atoms with E-state index in [1.807, 2.05) is 0 Å². The van der Waals surface area contributed by atoms with E-state index in [9.17, 15) is 14.4 Å². The second-order valence-corrected chi connectivity index (χ2v) is 5.14. The van der Waals surface area contributed by atoms with Crippen molar-refractivity contribution in [3.05, 3.63) is 23.8 Å². The second kappa shape index (κ2) is 5.59. The Morgan fingerprint density at radius 1 is 1.32 bits per heavy atom. The quantitative estimate of drug-likeness (QED) is 0.821. The van der Waals surface area contributed by atoms with Crippen molar-refractivity contribution in [1.82, 2.24) is 5.43 Å². The first-order chi connectivity index (χ1) is 10.6. The van der Waals surface area contributed by atoms with Crippen molar-refractivity contribution < 1.29 is 19.1 Å². The molecular weight excluding hydrogens is 286 g/mol. The molecule has 1 N–H and O–H groups in total. The molecule has 2 aliphatic heterocycles. The summed E-state index contributed by atoms with van der Waals surface area (Å²) < 4.78 is 5.53. The predicted octanol–water partition coefficient (Wildman–Crippen LogP) is 0.881. The molecule has 7 nitrogen and oxygen atoms in total. The van der Waals surface area contributed by atoms with Crippen LogP contribution in [0.2, 0.25) is 0 Å². The number of carbonyl (C=O) groups is 3. The highest BCUT2D eigenvalue weighted by Gasteiger charge is 2.29. The molecule has 2 amide bonds. The Labute approximate surface area is 126 Å². The van der Waals surface area contributed by atoms with E-state index in [2.05, 4.69) is 10.5 Å². The van der Waals surface area contributed by atoms with Gasteiger partial charge in [0.1, 0.15) is 18.1 Å². The van der Waals surface area contributed by atoms with Gasteiger partial charge >= 0.3 is 0 Å². The zero-order valence-corrected chi connectivity index (χ0v) is 12.1. The number of Topliss-reactive ketones (excluding diaryl/α,β-unsaturated/α-hetero) is 1. The van der Waals surface area contributed by atoms with Gasteiger partial charge in [0, 0.05) is 18.4 Å². The summed E-state index contributed by atoms with van der Waals surface area (Å²) in [5.74, 6) is 0.0103. The second-order valence-electron chi connectivity index (χ2n) is 5.14. The number of benzene rings is 1. The van der Waals surface area contributed by atoms with Crippen LogP contribution >= 0.6 is 0 Å². The zero-order valence-electron chi connectivity index (χ0n) is 12.1. The van der Waals surface area contributed by atoms with Crippen LogP contribution in [0.3, 0.4) is 0 Å². The molecule has 0 aromatic heterocycles. The van der Waals surface area contributed by atoms with E-state index in [-0.39, 0.29) is 24.0 Å². The van der Waals surface area contributed by atoms with Gasteiger partial charge in [0.2, 0.25) is 5.91 Å². The Balaban J connectivity index is 1.93. The Hall–Kier alpha value is -2.70. The maximum atomic E-state index is 12.6. The first-order valence-electron chi connectivity index (χ1n) is 7.01. The van der Waals surface area contributed by atoms with Gasteiger partial charge in [0.25, 0.3) is 5.91 Å². The number of ether oxygens (including phenoxy) is 1. The first kappa shape index (κ1) is 14.2. The lowest BCUT2D eigenvalue weighted by Gasteiger charge is -2.30. The first-order valence-corrected chi connectivity index (χ1v) is 7.01. The number of nitrogens with one attached hydrogen (secondary N) is 1. The molecular formula is C15H15N3O4. The molecule has 0 atom stereocenters. The summed E-state index contributed by atoms with van der Waals surface area (Å²) in [5.41, 5.74) is 3.70. The van der Waals surface area contributed by atoms with Crippen molar-refractivity contribution in [3.8, 4) is 5.75 Å². The van der Waals surface area contributed by atoms with Gasteiger partial charge in [-0.1, -0.05) is 0 Å². The van der Waals surface area contributed by atoms with Gasteiger partial charge in [-0.05, 0) is 25.1 Å². The molecule has 2 heterocycles. The van der Waals surface area contributed by atoms with Crippen LogP contribution < -0.4 is 15.1 Å². The van der Waals surface area contributed by atoms with E-state index in [0.717, 1.165) is 0 Å². The summed E-state index contributed by atoms with van der Waals surface area (Å²) in [6.07, 6.45) is 0.555. The SMILES string of the molecule is CC(=O)c1ccc2c(c1)N(C(=O)C1=NNC(=O)CC1)CCO2. The molecule has 3 rings (SSSR count). The van der Waals surface area contributed by atoms with Crippen LogP contribution in [-0.4, -0.2) is 36.5 Å². The van der Waals surface area contributed by atoms with Crippen LogP contribution in [0.5, 0.6) is 5.75 Å². The van der Waals surface area contributed by atoms with Crippen molar-refractivity contribution in [2.24, 2.45) is 5.10 Å². The van der Waals surface area contributed by atoms with Gasteiger partial charge in [0.05, 0.1) is 12.2 Å². The summed E-state index contributed by atoms with van der Waals surface area (Å²) in [6.45, 7) is 2.22. The largest absolute Gasteiger partial charge is 0.490 e. The third-order valence-electron chi connectivity index (χ3n) is 3.63. The van der Waals surface area contributed by atoms with E-state index in [1.165, 1.54) is 6.92 Å². The van der Waals surface area contributed by atoms with Gasteiger partial charge in [-0.2, -0.15) is 5.10 Å². The smallest absolute Gasteiger partial charge is 0.274 e. The number of ketones is 1. The van der Waals surface area contributed by atoms with Crippen molar-refractivity contribution in [1.29, 1.82) is 0 Å². The van der Waals surface area contributed by atoms with Crippen molar-refractivity contribution in [2.45, 2.75) is 19.8 Å². The van der Waals surface area contributed by atoms with Crippen LogP contribution in [0.4, 0.5) is 5.69 Å². The highest BCUT2D eigenvalue weighted by atomic mass is 16.5. The Morgan fingerprint density at radius 3 is 2.82 bits per heavy atom. The number of rotatable bonds is 2. The molecule has 114 valence electrons. The minimum atomic E-state index is -0.273. The van der Waals surface area contributed by atoms with E-state index in [0.29, 0.717) is 42.3 Å². The molecule has 0 radical (unpaired) electrons. The molecule has 0 fully saturated rings. The third kappa shape index (κ3) is 2.57. The fourth-order valence-electron chi connectivity index (χ4n) is 2.43. The molecule has 1 aromatic carbocycles. The van der Waals surface area contributed by atoms with Crippen LogP contribution in [-0.2, 0) is 9.59 Å². The maximum Gasteiger partial charge on any atom is 0.274 e. The Kier molecular flexibility index (Phi) is 3.62. The molecule has 1 aromatic rings. The maximum absolute atomic E-state index is 12.6. The summed E-state index contributed by atoms with van der Waals surface area (Å²) in [6, 6.07) is 5.01. The van der Waals surface area contributed by atoms with E-state index >= 15 is 0 Å². The number of hydrazone groups is 1. The van der Waals surface area contributed by atoms with Crippen LogP contribution in [0.15, 0.2) is 23.3 Å². The topological polar surface area (TPSA) is 88.1 Å². The van der Waals surface area contributed by atoms with Gasteiger partial charge in [0.15, 0.2) is 5.78 Å². The lowest BCUT2D eigenvalue weighted by Crippen LogP contribution is -2.44. The Morgan fingerprint density at radius 2 is 2.14 bits per heavy atom. The van der Waals surface area contributed by atoms with Crippen LogP contribution in [0, 0.1) is 0 Å². The molecule has 0 spiro atoms. The monoisotopic (exact) mass is 301 g/mol. The molecule has 0 unspecified atom stereocenters. The van der Waals surface area contributed by atoms with Gasteiger partial charge < -0.3 is 9.64 Å². The standard InChI is InChI=1S/C15H15N3O4/c1-9(19)10-2-4-13-12(8-10)18(6-7-22-13)15(21)11-3-5-14(20)17-16-11/h2,4,8H,3,5-7H2,1H3,(H,17,20). The lowest BCUT2D eigenvalue weighted by molar-refractivity contribution is -0.121. The number of hydrogen-bond acceptors (Lipinski definition) is 5. The molecule has 0 saturated carbocycles. The van der Waals surface area contributed by atoms with Crippen LogP contribution in [0.25, 0.3) is 0 Å². The summed E-state index contributed by atoms with van der Waals surface area (Å²) >= 11 is 0. The predicted molar refractivity (Wildman–Crippen MR) is 79.1 cm³/mol. The fourth-order valence-corrected chi connectivity index (χ4v) is 2.43. The molecule has 2 aliphatic rings. The lowest BCUT2D eigenvalue weighted by atomic mass is 10.1. The van der Waals surface area contributed by atoms with E-state index in [4.69, 9.17) is 4.74 Å². The number of fused-ring (bicyclic) bond motifs is 1. The molecule has 0 saturated heterocycles. The Bertz CT molecular complexity index is 696. The molecule has 22 heavy (non-hydrogen) atoms. The van der Waals surface area contributed by atoms with Crippen molar-refractivity contribution >= 4 is 29.0 Å². The number of hydrogen-bond donors (Lipinski definition) is 1. The normalized spacial score (nSPS) is 17.0. The molecule has 0 bridgehead atoms. The number of nitrogens with zero attached hydrogens (tertiary/aromatic N) is 2.